The van der Waals surface area contributed by atoms with Gasteiger partial charge in [0.15, 0.2) is 17.3 Å². The summed E-state index contributed by atoms with van der Waals surface area (Å²) in [6.07, 6.45) is 1.64. The average molecular weight is 546 g/mol. The second-order valence-corrected chi connectivity index (χ2v) is 9.00. The minimum absolute atomic E-state index is 0.0109. The number of fused-ring (bicyclic) bond motifs is 1. The number of carbonyl (C=O) groups is 1. The van der Waals surface area contributed by atoms with Crippen LogP contribution >= 0.6 is 34.4 Å². The number of hydrogen-bond donors (Lipinski definition) is 1. The van der Waals surface area contributed by atoms with Crippen molar-refractivity contribution in [2.75, 3.05) is 6.61 Å². The third-order valence-corrected chi connectivity index (χ3v) is 6.05. The van der Waals surface area contributed by atoms with Gasteiger partial charge in [-0.15, -0.1) is 0 Å². The molecule has 2 aromatic carbocycles. The predicted octanol–water partition coefficient (Wildman–Crippen LogP) is 4.91. The van der Waals surface area contributed by atoms with Crippen LogP contribution in [0.25, 0.3) is 6.08 Å². The van der Waals surface area contributed by atoms with Crippen molar-refractivity contribution in [3.63, 3.8) is 0 Å². The van der Waals surface area contributed by atoms with Crippen LogP contribution in [0, 0.1) is 8.98 Å². The Morgan fingerprint density at radius 2 is 2.00 bits per heavy atom. The highest BCUT2D eigenvalue weighted by molar-refractivity contribution is 14.1. The fourth-order valence-electron chi connectivity index (χ4n) is 3.06. The van der Waals surface area contributed by atoms with Crippen LogP contribution in [0.4, 0.5) is 0 Å². The Labute approximate surface area is 197 Å². The summed E-state index contributed by atoms with van der Waals surface area (Å²) in [4.78, 5) is 16.6. The molecule has 0 bridgehead atoms. The van der Waals surface area contributed by atoms with E-state index in [1.54, 1.807) is 6.08 Å². The van der Waals surface area contributed by atoms with Gasteiger partial charge in [0.05, 0.1) is 20.8 Å². The third-order valence-electron chi connectivity index (χ3n) is 4.42. The van der Waals surface area contributed by atoms with Crippen molar-refractivity contribution in [2.24, 2.45) is 10.1 Å². The van der Waals surface area contributed by atoms with Gasteiger partial charge in [-0.3, -0.25) is 10.2 Å². The molecule has 9 heteroatoms. The summed E-state index contributed by atoms with van der Waals surface area (Å²) in [5, 5.41) is 15.2. The van der Waals surface area contributed by atoms with Crippen LogP contribution in [0.1, 0.15) is 25.0 Å². The second kappa shape index (κ2) is 9.23. The van der Waals surface area contributed by atoms with E-state index in [2.05, 4.69) is 32.7 Å². The van der Waals surface area contributed by atoms with Gasteiger partial charge < -0.3 is 9.47 Å². The van der Waals surface area contributed by atoms with Crippen LogP contribution < -0.4 is 9.47 Å². The Morgan fingerprint density at radius 1 is 1.23 bits per heavy atom. The summed E-state index contributed by atoms with van der Waals surface area (Å²) in [7, 11) is 0. The van der Waals surface area contributed by atoms with E-state index in [0.29, 0.717) is 29.9 Å². The number of nitrogens with zero attached hydrogens (tertiary/aromatic N) is 3. The molecule has 1 N–H and O–H groups in total. The highest BCUT2D eigenvalue weighted by atomic mass is 127. The number of benzene rings is 2. The standard InChI is InChI=1S/C22H19IN4O3S/c1-3-29-18-11-15(10-17(23)19(18)30-12-14-7-5-4-6-8-14)9-16-20(24)27-22(25-21(16)28)31-13(2)26-27/h4-11,24H,3,12H2,1-2H3/b16-9-,24-20?. The van der Waals surface area contributed by atoms with E-state index in [0.717, 1.165) is 19.7 Å². The predicted molar refractivity (Wildman–Crippen MR) is 132 cm³/mol. The summed E-state index contributed by atoms with van der Waals surface area (Å²) in [5.41, 5.74) is 1.96. The van der Waals surface area contributed by atoms with Gasteiger partial charge in [0, 0.05) is 0 Å². The summed E-state index contributed by atoms with van der Waals surface area (Å²) in [5.74, 6) is 0.791. The normalized spacial score (nSPS) is 16.9. The Kier molecular flexibility index (Phi) is 6.42. The number of carbonyl (C=O) groups excluding carboxylic acids is 1. The summed E-state index contributed by atoms with van der Waals surface area (Å²) < 4.78 is 12.7. The lowest BCUT2D eigenvalue weighted by atomic mass is 10.1. The van der Waals surface area contributed by atoms with Gasteiger partial charge in [0.2, 0.25) is 5.17 Å². The minimum Gasteiger partial charge on any atom is -0.490 e. The molecule has 0 unspecified atom stereocenters. The van der Waals surface area contributed by atoms with E-state index >= 15 is 0 Å². The van der Waals surface area contributed by atoms with Crippen LogP contribution in [-0.4, -0.2) is 33.6 Å². The van der Waals surface area contributed by atoms with Gasteiger partial charge in [0.1, 0.15) is 6.61 Å². The fraction of sp³-hybridized carbons (Fsp3) is 0.182. The highest BCUT2D eigenvalue weighted by Gasteiger charge is 2.34. The molecule has 0 aromatic heterocycles. The molecule has 0 atom stereocenters. The summed E-state index contributed by atoms with van der Waals surface area (Å²) in [6.45, 7) is 4.61. The number of hydrogen-bond acceptors (Lipinski definition) is 6. The van der Waals surface area contributed by atoms with E-state index in [1.165, 1.54) is 16.8 Å². The van der Waals surface area contributed by atoms with E-state index in [1.807, 2.05) is 56.3 Å². The van der Waals surface area contributed by atoms with Gasteiger partial charge in [-0.1, -0.05) is 30.3 Å². The molecular formula is C22H19IN4O3S. The third kappa shape index (κ3) is 4.67. The van der Waals surface area contributed by atoms with Gasteiger partial charge in [-0.2, -0.15) is 15.1 Å². The number of halogens is 1. The van der Waals surface area contributed by atoms with Gasteiger partial charge in [-0.25, -0.2) is 0 Å². The van der Waals surface area contributed by atoms with E-state index in [9.17, 15) is 4.79 Å². The Morgan fingerprint density at radius 3 is 2.74 bits per heavy atom. The topological polar surface area (TPSA) is 87.3 Å². The number of amides is 1. The SMILES string of the molecule is CCOc1cc(/C=C2/C(=N)N3N=C(C)SC3=NC2=O)cc(I)c1OCc1ccccc1. The van der Waals surface area contributed by atoms with E-state index in [-0.39, 0.29) is 11.4 Å². The van der Waals surface area contributed by atoms with Crippen molar-refractivity contribution in [1.29, 1.82) is 5.41 Å². The fourth-order valence-corrected chi connectivity index (χ4v) is 4.57. The minimum atomic E-state index is -0.453. The molecule has 31 heavy (non-hydrogen) atoms. The first-order valence-electron chi connectivity index (χ1n) is 9.56. The van der Waals surface area contributed by atoms with Crippen molar-refractivity contribution in [2.45, 2.75) is 20.5 Å². The van der Waals surface area contributed by atoms with Crippen molar-refractivity contribution in [3.8, 4) is 11.5 Å². The van der Waals surface area contributed by atoms with Gasteiger partial charge in [-0.05, 0) is 77.5 Å². The molecule has 0 saturated heterocycles. The lowest BCUT2D eigenvalue weighted by Crippen LogP contribution is -2.35. The molecule has 2 heterocycles. The Balaban J connectivity index is 1.65. The number of rotatable bonds is 6. The molecule has 1 amide bonds. The quantitative estimate of drug-likeness (QED) is 0.411. The molecule has 2 aliphatic heterocycles. The zero-order valence-electron chi connectivity index (χ0n) is 16.9. The molecule has 0 fully saturated rings. The molecule has 2 aromatic rings. The molecule has 2 aliphatic rings. The smallest absolute Gasteiger partial charge is 0.283 e. The molecule has 0 saturated carbocycles. The second-order valence-electron chi connectivity index (χ2n) is 6.68. The van der Waals surface area contributed by atoms with E-state index < -0.39 is 5.91 Å². The maximum absolute atomic E-state index is 12.5. The highest BCUT2D eigenvalue weighted by Crippen LogP contribution is 2.36. The number of thioether (sulfide) groups is 1. The first kappa shape index (κ1) is 21.6. The molecule has 7 nitrogen and oxygen atoms in total. The van der Waals surface area contributed by atoms with Crippen LogP contribution in [-0.2, 0) is 11.4 Å². The maximum atomic E-state index is 12.5. The van der Waals surface area contributed by atoms with Crippen LogP contribution in [0.5, 0.6) is 11.5 Å². The number of ether oxygens (including phenoxy) is 2. The largest absolute Gasteiger partial charge is 0.490 e. The molecule has 158 valence electrons. The molecular weight excluding hydrogens is 527 g/mol. The number of nitrogens with one attached hydrogen (secondary N) is 1. The van der Waals surface area contributed by atoms with Crippen LogP contribution in [0.2, 0.25) is 0 Å². The molecule has 0 aliphatic carbocycles. The molecule has 0 spiro atoms. The Hall–Kier alpha value is -2.66. The Bertz CT molecular complexity index is 1140. The van der Waals surface area contributed by atoms with Gasteiger partial charge >= 0.3 is 0 Å². The van der Waals surface area contributed by atoms with Gasteiger partial charge in [0.25, 0.3) is 5.91 Å². The number of amidine groups is 2. The van der Waals surface area contributed by atoms with Crippen LogP contribution in [0.3, 0.4) is 0 Å². The van der Waals surface area contributed by atoms with Crippen molar-refractivity contribution in [3.05, 3.63) is 62.7 Å². The lowest BCUT2D eigenvalue weighted by Gasteiger charge is -2.20. The lowest BCUT2D eigenvalue weighted by molar-refractivity contribution is -0.114. The zero-order valence-corrected chi connectivity index (χ0v) is 19.9. The number of hydrazone groups is 1. The molecule has 0 radical (unpaired) electrons. The van der Waals surface area contributed by atoms with Crippen molar-refractivity contribution in [1.82, 2.24) is 5.01 Å². The monoisotopic (exact) mass is 546 g/mol. The van der Waals surface area contributed by atoms with Crippen LogP contribution in [0.15, 0.2) is 58.1 Å². The molecule has 4 rings (SSSR count). The number of aliphatic imine (C=N–C) groups is 1. The first-order valence-corrected chi connectivity index (χ1v) is 11.5. The maximum Gasteiger partial charge on any atom is 0.283 e. The van der Waals surface area contributed by atoms with Crippen molar-refractivity contribution >= 4 is 62.4 Å². The zero-order chi connectivity index (χ0) is 22.0. The summed E-state index contributed by atoms with van der Waals surface area (Å²) >= 11 is 3.47. The first-order chi connectivity index (χ1) is 15.0. The van der Waals surface area contributed by atoms with Crippen molar-refractivity contribution < 1.29 is 14.3 Å². The summed E-state index contributed by atoms with van der Waals surface area (Å²) in [6, 6.07) is 13.6. The average Bonchev–Trinajstić information content (AvgIpc) is 3.12. The van der Waals surface area contributed by atoms with E-state index in [4.69, 9.17) is 14.9 Å².